The van der Waals surface area contributed by atoms with Crippen LogP contribution >= 0.6 is 11.6 Å². The lowest BCUT2D eigenvalue weighted by atomic mass is 10.1. The van der Waals surface area contributed by atoms with E-state index in [0.717, 1.165) is 29.4 Å². The molecular weight excluding hydrogens is 284 g/mol. The third kappa shape index (κ3) is 2.12. The van der Waals surface area contributed by atoms with Crippen molar-refractivity contribution in [2.24, 2.45) is 0 Å². The smallest absolute Gasteiger partial charge is 0.159 e. The number of hydrogen-bond donors (Lipinski definition) is 1. The summed E-state index contributed by atoms with van der Waals surface area (Å²) in [6.45, 7) is 0. The quantitative estimate of drug-likeness (QED) is 0.782. The zero-order valence-corrected chi connectivity index (χ0v) is 12.0. The van der Waals surface area contributed by atoms with Crippen LogP contribution in [0.4, 0.5) is 5.82 Å². The molecular formula is C16H13ClN4. The molecule has 21 heavy (non-hydrogen) atoms. The van der Waals surface area contributed by atoms with E-state index in [2.05, 4.69) is 26.6 Å². The maximum Gasteiger partial charge on any atom is 0.159 e. The minimum Gasteiger partial charge on any atom is -0.361 e. The molecule has 2 aromatic heterocycles. The van der Waals surface area contributed by atoms with E-state index in [9.17, 15) is 0 Å². The summed E-state index contributed by atoms with van der Waals surface area (Å²) in [6, 6.07) is 12.2. The van der Waals surface area contributed by atoms with Crippen LogP contribution in [0.5, 0.6) is 0 Å². The summed E-state index contributed by atoms with van der Waals surface area (Å²) < 4.78 is 0. The maximum atomic E-state index is 6.12. The van der Waals surface area contributed by atoms with Crippen LogP contribution in [-0.2, 0) is 6.42 Å². The highest BCUT2D eigenvalue weighted by atomic mass is 35.5. The topological polar surface area (TPSA) is 50.7 Å². The van der Waals surface area contributed by atoms with Crippen molar-refractivity contribution in [3.8, 4) is 0 Å². The average Bonchev–Trinajstić information content (AvgIpc) is 2.94. The van der Waals surface area contributed by atoms with Gasteiger partial charge < -0.3 is 5.32 Å². The van der Waals surface area contributed by atoms with Gasteiger partial charge in [0.05, 0.1) is 6.04 Å². The zero-order chi connectivity index (χ0) is 14.2. The fourth-order valence-electron chi connectivity index (χ4n) is 2.91. The Kier molecular flexibility index (Phi) is 2.97. The average molecular weight is 297 g/mol. The zero-order valence-electron chi connectivity index (χ0n) is 11.3. The number of anilines is 1. The summed E-state index contributed by atoms with van der Waals surface area (Å²) in [4.78, 5) is 4.43. The molecule has 1 aliphatic rings. The maximum absolute atomic E-state index is 6.12. The molecule has 1 atom stereocenters. The van der Waals surface area contributed by atoms with E-state index < -0.39 is 0 Å². The van der Waals surface area contributed by atoms with Gasteiger partial charge in [-0.1, -0.05) is 41.9 Å². The monoisotopic (exact) mass is 296 g/mol. The molecule has 0 radical (unpaired) electrons. The lowest BCUT2D eigenvalue weighted by Gasteiger charge is -2.15. The molecule has 0 aliphatic heterocycles. The molecule has 1 aliphatic carbocycles. The van der Waals surface area contributed by atoms with Gasteiger partial charge in [0.1, 0.15) is 0 Å². The first-order valence-corrected chi connectivity index (χ1v) is 7.32. The second-order valence-corrected chi connectivity index (χ2v) is 5.52. The first-order valence-electron chi connectivity index (χ1n) is 6.94. The minimum atomic E-state index is 0.229. The fraction of sp³-hybridized carbons (Fsp3) is 0.188. The van der Waals surface area contributed by atoms with Gasteiger partial charge in [0.25, 0.3) is 0 Å². The van der Waals surface area contributed by atoms with Gasteiger partial charge in [-0.05, 0) is 24.5 Å². The van der Waals surface area contributed by atoms with Crippen LogP contribution in [0.3, 0.4) is 0 Å². The first kappa shape index (κ1) is 12.5. The van der Waals surface area contributed by atoms with E-state index in [1.54, 1.807) is 0 Å². The van der Waals surface area contributed by atoms with Crippen molar-refractivity contribution in [1.29, 1.82) is 0 Å². The van der Waals surface area contributed by atoms with Crippen molar-refractivity contribution in [2.75, 3.05) is 5.32 Å². The number of nitrogens with one attached hydrogen (secondary N) is 1. The van der Waals surface area contributed by atoms with Gasteiger partial charge in [-0.3, -0.25) is 4.98 Å². The molecule has 104 valence electrons. The molecule has 0 unspecified atom stereocenters. The predicted molar refractivity (Wildman–Crippen MR) is 83.5 cm³/mol. The Balaban J connectivity index is 1.75. The van der Waals surface area contributed by atoms with Crippen molar-refractivity contribution >= 4 is 28.2 Å². The SMILES string of the molecule is Clc1nnc(N[C@@H]2CCc3ncccc32)c2ccccc12. The fourth-order valence-corrected chi connectivity index (χ4v) is 3.11. The van der Waals surface area contributed by atoms with Crippen LogP contribution in [0.15, 0.2) is 42.6 Å². The highest BCUT2D eigenvalue weighted by Gasteiger charge is 2.24. The van der Waals surface area contributed by atoms with Crippen LogP contribution in [0.1, 0.15) is 23.7 Å². The van der Waals surface area contributed by atoms with Crippen LogP contribution < -0.4 is 5.32 Å². The predicted octanol–water partition coefficient (Wildman–Crippen LogP) is 3.78. The normalized spacial score (nSPS) is 16.9. The number of pyridine rings is 1. The number of hydrogen-bond acceptors (Lipinski definition) is 4. The van der Waals surface area contributed by atoms with E-state index in [1.165, 1.54) is 11.3 Å². The van der Waals surface area contributed by atoms with E-state index in [1.807, 2.05) is 36.5 Å². The molecule has 1 N–H and O–H groups in total. The Bertz CT molecular complexity index is 818. The summed E-state index contributed by atoms with van der Waals surface area (Å²) in [5.74, 6) is 0.775. The summed E-state index contributed by atoms with van der Waals surface area (Å²) in [5.41, 5.74) is 2.42. The van der Waals surface area contributed by atoms with E-state index in [-0.39, 0.29) is 6.04 Å². The summed E-state index contributed by atoms with van der Waals surface area (Å²) in [7, 11) is 0. The van der Waals surface area contributed by atoms with E-state index >= 15 is 0 Å². The van der Waals surface area contributed by atoms with Gasteiger partial charge in [0.2, 0.25) is 0 Å². The van der Waals surface area contributed by atoms with Crippen molar-refractivity contribution in [3.05, 3.63) is 59.0 Å². The molecule has 0 spiro atoms. The van der Waals surface area contributed by atoms with Crippen molar-refractivity contribution in [1.82, 2.24) is 15.2 Å². The molecule has 0 saturated carbocycles. The number of nitrogens with zero attached hydrogens (tertiary/aromatic N) is 3. The third-order valence-corrected chi connectivity index (χ3v) is 4.20. The molecule has 3 aromatic rings. The number of rotatable bonds is 2. The van der Waals surface area contributed by atoms with Crippen LogP contribution in [0.2, 0.25) is 5.15 Å². The molecule has 4 rings (SSSR count). The van der Waals surface area contributed by atoms with Gasteiger partial charge >= 0.3 is 0 Å². The summed E-state index contributed by atoms with van der Waals surface area (Å²) in [6.07, 6.45) is 3.86. The summed E-state index contributed by atoms with van der Waals surface area (Å²) >= 11 is 6.12. The third-order valence-electron chi connectivity index (χ3n) is 3.92. The van der Waals surface area contributed by atoms with Crippen LogP contribution in [-0.4, -0.2) is 15.2 Å². The van der Waals surface area contributed by atoms with Gasteiger partial charge in [0, 0.05) is 22.7 Å². The minimum absolute atomic E-state index is 0.229. The van der Waals surface area contributed by atoms with Crippen LogP contribution in [0.25, 0.3) is 10.8 Å². The lowest BCUT2D eigenvalue weighted by Crippen LogP contribution is -2.09. The highest BCUT2D eigenvalue weighted by Crippen LogP contribution is 2.34. The number of aryl methyl sites for hydroxylation is 1. The Morgan fingerprint density at radius 1 is 1.05 bits per heavy atom. The van der Waals surface area contributed by atoms with Crippen molar-refractivity contribution < 1.29 is 0 Å². The number of halogens is 1. The lowest BCUT2D eigenvalue weighted by molar-refractivity contribution is 0.753. The Morgan fingerprint density at radius 3 is 2.81 bits per heavy atom. The molecule has 0 fully saturated rings. The molecule has 0 amide bonds. The molecule has 0 saturated heterocycles. The Hall–Kier alpha value is -2.20. The van der Waals surface area contributed by atoms with Gasteiger partial charge in [-0.2, -0.15) is 0 Å². The Morgan fingerprint density at radius 2 is 1.90 bits per heavy atom. The molecule has 0 bridgehead atoms. The molecule has 4 nitrogen and oxygen atoms in total. The van der Waals surface area contributed by atoms with Gasteiger partial charge in [-0.15, -0.1) is 10.2 Å². The van der Waals surface area contributed by atoms with E-state index in [0.29, 0.717) is 5.15 Å². The van der Waals surface area contributed by atoms with Crippen LogP contribution in [0, 0.1) is 0 Å². The summed E-state index contributed by atoms with van der Waals surface area (Å²) in [5, 5.41) is 14.1. The molecule has 2 heterocycles. The van der Waals surface area contributed by atoms with Crippen molar-refractivity contribution in [2.45, 2.75) is 18.9 Å². The van der Waals surface area contributed by atoms with Crippen molar-refractivity contribution in [3.63, 3.8) is 0 Å². The first-order chi connectivity index (χ1) is 10.3. The number of aromatic nitrogens is 3. The molecule has 1 aromatic carbocycles. The number of benzene rings is 1. The Labute approximate surface area is 127 Å². The van der Waals surface area contributed by atoms with Gasteiger partial charge in [0.15, 0.2) is 11.0 Å². The second kappa shape index (κ2) is 4.97. The van der Waals surface area contributed by atoms with Gasteiger partial charge in [-0.25, -0.2) is 0 Å². The highest BCUT2D eigenvalue weighted by molar-refractivity contribution is 6.34. The second-order valence-electron chi connectivity index (χ2n) is 5.16. The largest absolute Gasteiger partial charge is 0.361 e. The number of fused-ring (bicyclic) bond motifs is 2. The van der Waals surface area contributed by atoms with E-state index in [4.69, 9.17) is 11.6 Å². The molecule has 5 heteroatoms. The standard InChI is InChI=1S/C16H13ClN4/c17-15-10-4-1-2-5-11(10)16(21-20-15)19-14-8-7-13-12(14)6-3-9-18-13/h1-6,9,14H,7-8H2,(H,19,21)/t14-/m1/s1.